The van der Waals surface area contributed by atoms with Gasteiger partial charge in [0.2, 0.25) is 0 Å². The lowest BCUT2D eigenvalue weighted by Crippen LogP contribution is -2.08. The molecule has 0 unspecified atom stereocenters. The topological polar surface area (TPSA) is 78.3 Å². The first-order valence-corrected chi connectivity index (χ1v) is 4.26. The van der Waals surface area contributed by atoms with Crippen LogP contribution in [-0.4, -0.2) is 13.1 Å². The van der Waals surface area contributed by atoms with Gasteiger partial charge in [-0.05, 0) is 18.1 Å². The molecule has 4 heteroatoms. The maximum atomic E-state index is 11.0. The van der Waals surface area contributed by atoms with Gasteiger partial charge in [0.25, 0.3) is 0 Å². The lowest BCUT2D eigenvalue weighted by Gasteiger charge is -2.09. The molecule has 1 rings (SSSR count). The summed E-state index contributed by atoms with van der Waals surface area (Å²) in [7, 11) is 1.34. The van der Waals surface area contributed by atoms with E-state index in [-0.39, 0.29) is 12.4 Å². The van der Waals surface area contributed by atoms with Crippen molar-refractivity contribution in [1.82, 2.24) is 0 Å². The first kappa shape index (κ1) is 10.4. The van der Waals surface area contributed by atoms with Crippen molar-refractivity contribution in [2.75, 3.05) is 18.6 Å². The Balaban J connectivity index is 3.00. The molecule has 0 saturated carbocycles. The quantitative estimate of drug-likeness (QED) is 0.541. The molecule has 76 valence electrons. The van der Waals surface area contributed by atoms with E-state index in [4.69, 9.17) is 11.5 Å². The number of methoxy groups -OCH3 is 1. The Morgan fingerprint density at radius 2 is 2.00 bits per heavy atom. The highest BCUT2D eigenvalue weighted by Crippen LogP contribution is 2.24. The average molecular weight is 194 g/mol. The summed E-state index contributed by atoms with van der Waals surface area (Å²) in [5, 5.41) is 0. The molecule has 0 radical (unpaired) electrons. The van der Waals surface area contributed by atoms with E-state index in [1.165, 1.54) is 7.11 Å². The monoisotopic (exact) mass is 194 g/mol. The Labute approximate surface area is 82.8 Å². The molecule has 0 atom stereocenters. The summed E-state index contributed by atoms with van der Waals surface area (Å²) < 4.78 is 4.54. The Bertz CT molecular complexity index is 361. The fourth-order valence-corrected chi connectivity index (χ4v) is 1.17. The number of hydrogen-bond acceptors (Lipinski definition) is 4. The number of rotatable bonds is 2. The number of aryl methyl sites for hydroxylation is 1. The van der Waals surface area contributed by atoms with Gasteiger partial charge in [-0.2, -0.15) is 0 Å². The molecule has 0 amide bonds. The predicted octanol–water partition coefficient (Wildman–Crippen LogP) is 0.875. The minimum atomic E-state index is -0.319. The van der Waals surface area contributed by atoms with Gasteiger partial charge in [-0.1, -0.05) is 12.1 Å². The van der Waals surface area contributed by atoms with E-state index in [9.17, 15) is 4.79 Å². The van der Waals surface area contributed by atoms with E-state index in [0.29, 0.717) is 16.9 Å². The number of carbonyl (C=O) groups excluding carboxylic acids is 1. The summed E-state index contributed by atoms with van der Waals surface area (Å²) in [4.78, 5) is 11.0. The molecule has 1 aromatic carbocycles. The minimum absolute atomic E-state index is 0.160. The molecule has 0 aliphatic carbocycles. The van der Waals surface area contributed by atoms with Crippen LogP contribution in [-0.2, 0) is 16.0 Å². The second-order valence-corrected chi connectivity index (χ2v) is 3.12. The molecule has 4 nitrogen and oxygen atoms in total. The molecule has 0 aromatic heterocycles. The van der Waals surface area contributed by atoms with E-state index in [1.807, 2.05) is 13.0 Å². The van der Waals surface area contributed by atoms with Crippen molar-refractivity contribution in [3.8, 4) is 0 Å². The molecule has 0 spiro atoms. The van der Waals surface area contributed by atoms with Crippen LogP contribution in [0.1, 0.15) is 11.1 Å². The Kier molecular flexibility index (Phi) is 2.96. The summed E-state index contributed by atoms with van der Waals surface area (Å²) in [6, 6.07) is 3.63. The third kappa shape index (κ3) is 1.96. The van der Waals surface area contributed by atoms with Gasteiger partial charge in [-0.25, -0.2) is 0 Å². The van der Waals surface area contributed by atoms with E-state index in [0.717, 1.165) is 5.56 Å². The number of nitrogens with two attached hydrogens (primary N) is 2. The van der Waals surface area contributed by atoms with Gasteiger partial charge in [-0.15, -0.1) is 0 Å². The molecular formula is C10H14N2O2. The number of nitrogen functional groups attached to an aromatic ring is 2. The van der Waals surface area contributed by atoms with Crippen LogP contribution in [0.4, 0.5) is 11.4 Å². The van der Waals surface area contributed by atoms with Gasteiger partial charge < -0.3 is 16.2 Å². The van der Waals surface area contributed by atoms with Crippen LogP contribution < -0.4 is 11.5 Å². The minimum Gasteiger partial charge on any atom is -0.469 e. The summed E-state index contributed by atoms with van der Waals surface area (Å²) in [5.74, 6) is -0.319. The van der Waals surface area contributed by atoms with Gasteiger partial charge in [0.1, 0.15) is 0 Å². The number of hydrogen-bond donors (Lipinski definition) is 2. The third-order valence-corrected chi connectivity index (χ3v) is 2.16. The first-order chi connectivity index (χ1) is 6.56. The third-order valence-electron chi connectivity index (χ3n) is 2.16. The van der Waals surface area contributed by atoms with E-state index in [2.05, 4.69) is 4.74 Å². The van der Waals surface area contributed by atoms with Crippen LogP contribution in [0.25, 0.3) is 0 Å². The Hall–Kier alpha value is -1.71. The zero-order valence-corrected chi connectivity index (χ0v) is 8.33. The zero-order chi connectivity index (χ0) is 10.7. The molecule has 0 aliphatic heterocycles. The zero-order valence-electron chi connectivity index (χ0n) is 8.33. The van der Waals surface area contributed by atoms with E-state index in [1.54, 1.807) is 6.07 Å². The van der Waals surface area contributed by atoms with Gasteiger partial charge >= 0.3 is 5.97 Å². The van der Waals surface area contributed by atoms with Gasteiger partial charge in [0.05, 0.1) is 24.9 Å². The second-order valence-electron chi connectivity index (χ2n) is 3.12. The number of anilines is 2. The normalized spacial score (nSPS) is 9.86. The molecule has 0 bridgehead atoms. The largest absolute Gasteiger partial charge is 0.469 e. The van der Waals surface area contributed by atoms with E-state index >= 15 is 0 Å². The summed E-state index contributed by atoms with van der Waals surface area (Å²) >= 11 is 0. The predicted molar refractivity (Wildman–Crippen MR) is 55.7 cm³/mol. The van der Waals surface area contributed by atoms with Crippen LogP contribution >= 0.6 is 0 Å². The van der Waals surface area contributed by atoms with Crippen LogP contribution in [0.5, 0.6) is 0 Å². The lowest BCUT2D eigenvalue weighted by molar-refractivity contribution is -0.139. The Morgan fingerprint density at radius 3 is 2.57 bits per heavy atom. The average Bonchev–Trinajstić information content (AvgIpc) is 2.19. The van der Waals surface area contributed by atoms with Gasteiger partial charge in [-0.3, -0.25) is 4.79 Å². The van der Waals surface area contributed by atoms with E-state index < -0.39 is 0 Å². The molecule has 14 heavy (non-hydrogen) atoms. The first-order valence-electron chi connectivity index (χ1n) is 4.26. The van der Waals surface area contributed by atoms with Crippen LogP contribution in [0.2, 0.25) is 0 Å². The maximum absolute atomic E-state index is 11.0. The van der Waals surface area contributed by atoms with Crippen LogP contribution in [0.3, 0.4) is 0 Å². The van der Waals surface area contributed by atoms with Crippen LogP contribution in [0.15, 0.2) is 12.1 Å². The molecule has 4 N–H and O–H groups in total. The number of esters is 1. The number of ether oxygens (including phenoxy) is 1. The summed E-state index contributed by atoms with van der Waals surface area (Å²) in [5.41, 5.74) is 14.1. The fraction of sp³-hybridized carbons (Fsp3) is 0.300. The van der Waals surface area contributed by atoms with Gasteiger partial charge in [0, 0.05) is 0 Å². The molecule has 0 fully saturated rings. The SMILES string of the molecule is COC(=O)Cc1ccc(C)c(N)c1N. The standard InChI is InChI=1S/C10H14N2O2/c1-6-3-4-7(5-8(13)14-2)10(12)9(6)11/h3-4H,5,11-12H2,1-2H3. The molecular weight excluding hydrogens is 180 g/mol. The second kappa shape index (κ2) is 4.00. The highest BCUT2D eigenvalue weighted by Gasteiger charge is 2.09. The lowest BCUT2D eigenvalue weighted by atomic mass is 10.1. The van der Waals surface area contributed by atoms with Crippen molar-refractivity contribution in [3.05, 3.63) is 23.3 Å². The van der Waals surface area contributed by atoms with Crippen molar-refractivity contribution in [2.45, 2.75) is 13.3 Å². The fourth-order valence-electron chi connectivity index (χ4n) is 1.17. The smallest absolute Gasteiger partial charge is 0.310 e. The van der Waals surface area contributed by atoms with Crippen LogP contribution in [0, 0.1) is 6.92 Å². The maximum Gasteiger partial charge on any atom is 0.310 e. The molecule has 0 aliphatic rings. The van der Waals surface area contributed by atoms with Crippen molar-refractivity contribution in [3.63, 3.8) is 0 Å². The molecule has 0 heterocycles. The summed E-state index contributed by atoms with van der Waals surface area (Å²) in [6.07, 6.45) is 0.160. The molecule has 1 aromatic rings. The van der Waals surface area contributed by atoms with Crippen molar-refractivity contribution in [2.24, 2.45) is 0 Å². The van der Waals surface area contributed by atoms with Crippen molar-refractivity contribution < 1.29 is 9.53 Å². The summed E-state index contributed by atoms with van der Waals surface area (Å²) in [6.45, 7) is 1.87. The number of benzene rings is 1. The highest BCUT2D eigenvalue weighted by atomic mass is 16.5. The Morgan fingerprint density at radius 1 is 1.36 bits per heavy atom. The molecule has 0 saturated heterocycles. The highest BCUT2D eigenvalue weighted by molar-refractivity contribution is 5.79. The van der Waals surface area contributed by atoms with Gasteiger partial charge in [0.15, 0.2) is 0 Å². The van der Waals surface area contributed by atoms with Crippen molar-refractivity contribution in [1.29, 1.82) is 0 Å². The number of carbonyl (C=O) groups is 1. The van der Waals surface area contributed by atoms with Crippen molar-refractivity contribution >= 4 is 17.3 Å².